The zero-order valence-corrected chi connectivity index (χ0v) is 16.4. The zero-order chi connectivity index (χ0) is 19.5. The number of anilines is 1. The van der Waals surface area contributed by atoms with Gasteiger partial charge < -0.3 is 14.8 Å². The van der Waals surface area contributed by atoms with Crippen LogP contribution in [-0.4, -0.2) is 38.5 Å². The lowest BCUT2D eigenvalue weighted by Crippen LogP contribution is -2.43. The third kappa shape index (κ3) is 3.69. The second-order valence-corrected chi connectivity index (χ2v) is 7.53. The highest BCUT2D eigenvalue weighted by Crippen LogP contribution is 2.22. The normalized spacial score (nSPS) is 17.2. The van der Waals surface area contributed by atoms with Crippen LogP contribution >= 0.6 is 0 Å². The SMILES string of the molecule is CC(C)n1c(CNC(=O)[C@@H]2CCCN(c3ncccn3)C2)nc2ccccc21. The number of rotatable bonds is 5. The van der Waals surface area contributed by atoms with Crippen molar-refractivity contribution in [1.29, 1.82) is 0 Å². The molecule has 3 aromatic rings. The van der Waals surface area contributed by atoms with Crippen molar-refractivity contribution in [2.75, 3.05) is 18.0 Å². The molecular formula is C21H26N6O. The van der Waals surface area contributed by atoms with E-state index in [4.69, 9.17) is 4.98 Å². The van der Waals surface area contributed by atoms with Crippen molar-refractivity contribution < 1.29 is 4.79 Å². The molecule has 1 aliphatic rings. The first kappa shape index (κ1) is 18.4. The molecule has 1 aromatic carbocycles. The maximum absolute atomic E-state index is 12.8. The molecule has 7 nitrogen and oxygen atoms in total. The van der Waals surface area contributed by atoms with E-state index in [9.17, 15) is 4.79 Å². The van der Waals surface area contributed by atoms with E-state index in [0.717, 1.165) is 36.2 Å². The first-order valence-electron chi connectivity index (χ1n) is 9.89. The van der Waals surface area contributed by atoms with Crippen LogP contribution in [0.5, 0.6) is 0 Å². The second kappa shape index (κ2) is 7.96. The molecule has 1 aliphatic heterocycles. The summed E-state index contributed by atoms with van der Waals surface area (Å²) in [7, 11) is 0. The minimum atomic E-state index is -0.0607. The van der Waals surface area contributed by atoms with Crippen LogP contribution in [0.3, 0.4) is 0 Å². The quantitative estimate of drug-likeness (QED) is 0.739. The van der Waals surface area contributed by atoms with Crippen molar-refractivity contribution in [3.8, 4) is 0 Å². The number of carbonyl (C=O) groups excluding carboxylic acids is 1. The van der Waals surface area contributed by atoms with Crippen LogP contribution in [0.25, 0.3) is 11.0 Å². The van der Waals surface area contributed by atoms with Crippen molar-refractivity contribution in [3.05, 3.63) is 48.5 Å². The lowest BCUT2D eigenvalue weighted by Gasteiger charge is -2.31. The number of imidazole rings is 1. The van der Waals surface area contributed by atoms with Gasteiger partial charge in [0.15, 0.2) is 0 Å². The lowest BCUT2D eigenvalue weighted by molar-refractivity contribution is -0.125. The topological polar surface area (TPSA) is 75.9 Å². The van der Waals surface area contributed by atoms with Gasteiger partial charge in [0.2, 0.25) is 11.9 Å². The number of para-hydroxylation sites is 2. The van der Waals surface area contributed by atoms with Crippen molar-refractivity contribution in [3.63, 3.8) is 0 Å². The molecular weight excluding hydrogens is 352 g/mol. The van der Waals surface area contributed by atoms with E-state index in [2.05, 4.69) is 44.7 Å². The predicted molar refractivity (Wildman–Crippen MR) is 109 cm³/mol. The highest BCUT2D eigenvalue weighted by Gasteiger charge is 2.27. The van der Waals surface area contributed by atoms with Crippen LogP contribution in [0.4, 0.5) is 5.95 Å². The number of benzene rings is 1. The molecule has 1 N–H and O–H groups in total. The number of carbonyl (C=O) groups is 1. The van der Waals surface area contributed by atoms with Crippen LogP contribution in [0, 0.1) is 5.92 Å². The summed E-state index contributed by atoms with van der Waals surface area (Å²) in [6.07, 6.45) is 5.32. The summed E-state index contributed by atoms with van der Waals surface area (Å²) in [6.45, 7) is 6.24. The summed E-state index contributed by atoms with van der Waals surface area (Å²) < 4.78 is 2.20. The smallest absolute Gasteiger partial charge is 0.225 e. The van der Waals surface area contributed by atoms with E-state index in [1.165, 1.54) is 0 Å². The Morgan fingerprint density at radius 1 is 1.21 bits per heavy atom. The summed E-state index contributed by atoms with van der Waals surface area (Å²) in [5, 5.41) is 3.11. The average molecular weight is 378 g/mol. The summed E-state index contributed by atoms with van der Waals surface area (Å²) >= 11 is 0. The predicted octanol–water partition coefficient (Wildman–Crippen LogP) is 2.94. The molecule has 1 fully saturated rings. The third-order valence-electron chi connectivity index (χ3n) is 5.23. The van der Waals surface area contributed by atoms with E-state index in [1.54, 1.807) is 18.5 Å². The Kier molecular flexibility index (Phi) is 5.23. The zero-order valence-electron chi connectivity index (χ0n) is 16.4. The van der Waals surface area contributed by atoms with Crippen molar-refractivity contribution >= 4 is 22.9 Å². The molecule has 4 rings (SSSR count). The molecule has 3 heterocycles. The fraction of sp³-hybridized carbons (Fsp3) is 0.429. The van der Waals surface area contributed by atoms with Gasteiger partial charge in [0.05, 0.1) is 23.5 Å². The van der Waals surface area contributed by atoms with E-state index in [-0.39, 0.29) is 17.9 Å². The van der Waals surface area contributed by atoms with Crippen molar-refractivity contribution in [1.82, 2.24) is 24.8 Å². The summed E-state index contributed by atoms with van der Waals surface area (Å²) in [5.74, 6) is 1.60. The Bertz CT molecular complexity index is 952. The average Bonchev–Trinajstić information content (AvgIpc) is 3.11. The molecule has 2 aromatic heterocycles. The Balaban J connectivity index is 1.44. The van der Waals surface area contributed by atoms with Crippen LogP contribution in [-0.2, 0) is 11.3 Å². The van der Waals surface area contributed by atoms with Gasteiger partial charge in [0.25, 0.3) is 0 Å². The molecule has 1 atom stereocenters. The van der Waals surface area contributed by atoms with E-state index in [0.29, 0.717) is 19.0 Å². The molecule has 1 amide bonds. The summed E-state index contributed by atoms with van der Waals surface area (Å²) in [5.41, 5.74) is 2.07. The van der Waals surface area contributed by atoms with E-state index >= 15 is 0 Å². The molecule has 1 saturated heterocycles. The van der Waals surface area contributed by atoms with E-state index in [1.807, 2.05) is 18.2 Å². The van der Waals surface area contributed by atoms with Crippen LogP contribution in [0.15, 0.2) is 42.7 Å². The summed E-state index contributed by atoms with van der Waals surface area (Å²) in [6, 6.07) is 10.2. The number of nitrogens with zero attached hydrogens (tertiary/aromatic N) is 5. The van der Waals surface area contributed by atoms with Gasteiger partial charge in [-0.15, -0.1) is 0 Å². The number of hydrogen-bond donors (Lipinski definition) is 1. The summed E-state index contributed by atoms with van der Waals surface area (Å²) in [4.78, 5) is 28.3. The van der Waals surface area contributed by atoms with Gasteiger partial charge >= 0.3 is 0 Å². The molecule has 7 heteroatoms. The number of nitrogens with one attached hydrogen (secondary N) is 1. The number of hydrogen-bond acceptors (Lipinski definition) is 5. The Morgan fingerprint density at radius 2 is 2.00 bits per heavy atom. The minimum Gasteiger partial charge on any atom is -0.349 e. The Labute approximate surface area is 164 Å². The van der Waals surface area contributed by atoms with Gasteiger partial charge in [0.1, 0.15) is 5.82 Å². The standard InChI is InChI=1S/C21H26N6O/c1-15(2)27-18-9-4-3-8-17(18)25-19(27)13-24-20(28)16-7-5-12-26(14-16)21-22-10-6-11-23-21/h3-4,6,8-11,15-16H,5,7,12-14H2,1-2H3,(H,24,28)/t16-/m1/s1. The van der Waals surface area contributed by atoms with Crippen LogP contribution in [0.2, 0.25) is 0 Å². The molecule has 146 valence electrons. The molecule has 0 spiro atoms. The van der Waals surface area contributed by atoms with Crippen LogP contribution < -0.4 is 10.2 Å². The third-order valence-corrected chi connectivity index (χ3v) is 5.23. The number of piperidine rings is 1. The molecule has 28 heavy (non-hydrogen) atoms. The fourth-order valence-corrected chi connectivity index (χ4v) is 3.93. The Morgan fingerprint density at radius 3 is 2.79 bits per heavy atom. The second-order valence-electron chi connectivity index (χ2n) is 7.53. The monoisotopic (exact) mass is 378 g/mol. The van der Waals surface area contributed by atoms with E-state index < -0.39 is 0 Å². The van der Waals surface area contributed by atoms with Crippen LogP contribution in [0.1, 0.15) is 38.6 Å². The van der Waals surface area contributed by atoms with Gasteiger partial charge in [-0.3, -0.25) is 4.79 Å². The first-order chi connectivity index (χ1) is 13.6. The van der Waals surface area contributed by atoms with Gasteiger partial charge in [0, 0.05) is 31.5 Å². The first-order valence-corrected chi connectivity index (χ1v) is 9.89. The number of amides is 1. The molecule has 0 saturated carbocycles. The molecule has 0 radical (unpaired) electrons. The highest BCUT2D eigenvalue weighted by atomic mass is 16.1. The largest absolute Gasteiger partial charge is 0.349 e. The maximum atomic E-state index is 12.8. The minimum absolute atomic E-state index is 0.0607. The van der Waals surface area contributed by atoms with Gasteiger partial charge in [-0.1, -0.05) is 12.1 Å². The van der Waals surface area contributed by atoms with Gasteiger partial charge in [-0.25, -0.2) is 15.0 Å². The Hall–Kier alpha value is -2.96. The molecule has 0 aliphatic carbocycles. The van der Waals surface area contributed by atoms with Gasteiger partial charge in [-0.05, 0) is 44.9 Å². The fourth-order valence-electron chi connectivity index (χ4n) is 3.93. The number of fused-ring (bicyclic) bond motifs is 1. The van der Waals surface area contributed by atoms with Gasteiger partial charge in [-0.2, -0.15) is 0 Å². The maximum Gasteiger partial charge on any atom is 0.225 e. The van der Waals surface area contributed by atoms with Crippen molar-refractivity contribution in [2.45, 2.75) is 39.3 Å². The molecule has 0 unspecified atom stereocenters. The lowest BCUT2D eigenvalue weighted by atomic mass is 9.97. The highest BCUT2D eigenvalue weighted by molar-refractivity contribution is 5.80. The molecule has 0 bridgehead atoms. The van der Waals surface area contributed by atoms with Crippen molar-refractivity contribution in [2.24, 2.45) is 5.92 Å². The number of aromatic nitrogens is 4.